The standard InChI is InChI=1S/C16H13BrN2OS2/c17-13-7-12(8-18-9-13)16(20)19-5-3-14-1-2-15(22-14)11-4-6-21-10-11/h1-2,4,6-10H,3,5H2,(H,19,20). The number of halogens is 1. The van der Waals surface area contributed by atoms with E-state index in [1.54, 1.807) is 41.1 Å². The fourth-order valence-corrected chi connectivity index (χ4v) is 4.11. The molecule has 0 bridgehead atoms. The van der Waals surface area contributed by atoms with E-state index < -0.39 is 0 Å². The Hall–Kier alpha value is -1.50. The first-order valence-corrected chi connectivity index (χ1v) is 9.27. The van der Waals surface area contributed by atoms with E-state index in [9.17, 15) is 4.79 Å². The van der Waals surface area contributed by atoms with Crippen molar-refractivity contribution >= 4 is 44.5 Å². The minimum atomic E-state index is -0.0941. The maximum absolute atomic E-state index is 12.0. The second kappa shape index (κ2) is 7.17. The van der Waals surface area contributed by atoms with E-state index in [1.807, 2.05) is 0 Å². The van der Waals surface area contributed by atoms with Crippen molar-refractivity contribution in [3.8, 4) is 10.4 Å². The van der Waals surface area contributed by atoms with Gasteiger partial charge in [-0.2, -0.15) is 11.3 Å². The van der Waals surface area contributed by atoms with Gasteiger partial charge in [0.15, 0.2) is 0 Å². The zero-order valence-electron chi connectivity index (χ0n) is 11.6. The van der Waals surface area contributed by atoms with Gasteiger partial charge in [0.05, 0.1) is 5.56 Å². The average molecular weight is 393 g/mol. The van der Waals surface area contributed by atoms with E-state index in [4.69, 9.17) is 0 Å². The maximum Gasteiger partial charge on any atom is 0.252 e. The summed E-state index contributed by atoms with van der Waals surface area (Å²) in [5.41, 5.74) is 1.84. The molecule has 0 aliphatic heterocycles. The maximum atomic E-state index is 12.0. The van der Waals surface area contributed by atoms with Gasteiger partial charge in [0.2, 0.25) is 0 Å². The lowest BCUT2D eigenvalue weighted by atomic mass is 10.2. The van der Waals surface area contributed by atoms with E-state index in [1.165, 1.54) is 15.3 Å². The van der Waals surface area contributed by atoms with Crippen LogP contribution >= 0.6 is 38.6 Å². The van der Waals surface area contributed by atoms with Crippen LogP contribution in [0.15, 0.2) is 51.9 Å². The molecular formula is C16H13BrN2OS2. The fraction of sp³-hybridized carbons (Fsp3) is 0.125. The SMILES string of the molecule is O=C(NCCc1ccc(-c2ccsc2)s1)c1cncc(Br)c1. The molecule has 1 amide bonds. The summed E-state index contributed by atoms with van der Waals surface area (Å²) in [4.78, 5) is 18.6. The van der Waals surface area contributed by atoms with Gasteiger partial charge >= 0.3 is 0 Å². The highest BCUT2D eigenvalue weighted by molar-refractivity contribution is 9.10. The number of nitrogens with one attached hydrogen (secondary N) is 1. The van der Waals surface area contributed by atoms with E-state index in [0.717, 1.165) is 10.9 Å². The predicted molar refractivity (Wildman–Crippen MR) is 95.6 cm³/mol. The Morgan fingerprint density at radius 3 is 2.95 bits per heavy atom. The second-order valence-electron chi connectivity index (χ2n) is 4.68. The van der Waals surface area contributed by atoms with Crippen molar-refractivity contribution in [1.82, 2.24) is 10.3 Å². The zero-order chi connectivity index (χ0) is 15.4. The Labute approximate surface area is 145 Å². The first kappa shape index (κ1) is 15.4. The summed E-state index contributed by atoms with van der Waals surface area (Å²) in [6.07, 6.45) is 4.07. The number of nitrogens with zero attached hydrogens (tertiary/aromatic N) is 1. The molecule has 3 heterocycles. The summed E-state index contributed by atoms with van der Waals surface area (Å²) in [6, 6.07) is 8.16. The fourth-order valence-electron chi connectivity index (χ4n) is 2.01. The molecular weight excluding hydrogens is 380 g/mol. The predicted octanol–water partition coefficient (Wildman–Crippen LogP) is 4.61. The highest BCUT2D eigenvalue weighted by Crippen LogP contribution is 2.29. The van der Waals surface area contributed by atoms with Gasteiger partial charge < -0.3 is 5.32 Å². The summed E-state index contributed by atoms with van der Waals surface area (Å²) < 4.78 is 0.804. The molecule has 22 heavy (non-hydrogen) atoms. The smallest absolute Gasteiger partial charge is 0.252 e. The van der Waals surface area contributed by atoms with E-state index in [0.29, 0.717) is 12.1 Å². The molecule has 0 aliphatic rings. The van der Waals surface area contributed by atoms with Crippen molar-refractivity contribution in [2.75, 3.05) is 6.54 Å². The number of amides is 1. The largest absolute Gasteiger partial charge is 0.352 e. The van der Waals surface area contributed by atoms with Crippen molar-refractivity contribution < 1.29 is 4.79 Å². The molecule has 0 saturated heterocycles. The van der Waals surface area contributed by atoms with Crippen LogP contribution in [-0.4, -0.2) is 17.4 Å². The van der Waals surface area contributed by atoms with Crippen LogP contribution in [0.5, 0.6) is 0 Å². The Morgan fingerprint density at radius 1 is 1.27 bits per heavy atom. The lowest BCUT2D eigenvalue weighted by Crippen LogP contribution is -2.25. The van der Waals surface area contributed by atoms with Gasteiger partial charge in [0.25, 0.3) is 5.91 Å². The van der Waals surface area contributed by atoms with Gasteiger partial charge in [0.1, 0.15) is 0 Å². The number of pyridine rings is 1. The molecule has 1 N–H and O–H groups in total. The molecule has 6 heteroatoms. The van der Waals surface area contributed by atoms with Crippen LogP contribution in [-0.2, 0) is 6.42 Å². The topological polar surface area (TPSA) is 42.0 Å². The summed E-state index contributed by atoms with van der Waals surface area (Å²) in [7, 11) is 0. The third-order valence-electron chi connectivity index (χ3n) is 3.09. The first-order chi connectivity index (χ1) is 10.7. The molecule has 0 aromatic carbocycles. The van der Waals surface area contributed by atoms with E-state index >= 15 is 0 Å². The van der Waals surface area contributed by atoms with Crippen molar-refractivity contribution in [3.05, 3.63) is 62.3 Å². The van der Waals surface area contributed by atoms with Crippen LogP contribution < -0.4 is 5.32 Å². The van der Waals surface area contributed by atoms with Gasteiger partial charge in [-0.1, -0.05) is 0 Å². The van der Waals surface area contributed by atoms with Crippen molar-refractivity contribution in [2.45, 2.75) is 6.42 Å². The molecule has 0 saturated carbocycles. The number of rotatable bonds is 5. The summed E-state index contributed by atoms with van der Waals surface area (Å²) >= 11 is 6.80. The number of thiophene rings is 2. The third kappa shape index (κ3) is 3.82. The molecule has 0 atom stereocenters. The van der Waals surface area contributed by atoms with Crippen LogP contribution in [0.3, 0.4) is 0 Å². The summed E-state index contributed by atoms with van der Waals surface area (Å²) in [6.45, 7) is 0.620. The van der Waals surface area contributed by atoms with Gasteiger partial charge in [-0.25, -0.2) is 0 Å². The van der Waals surface area contributed by atoms with Crippen molar-refractivity contribution in [3.63, 3.8) is 0 Å². The molecule has 0 radical (unpaired) electrons. The molecule has 3 aromatic rings. The summed E-state index contributed by atoms with van der Waals surface area (Å²) in [5, 5.41) is 7.16. The lowest BCUT2D eigenvalue weighted by molar-refractivity contribution is 0.0954. The van der Waals surface area contributed by atoms with Crippen LogP contribution in [0.4, 0.5) is 0 Å². The molecule has 0 unspecified atom stereocenters. The normalized spacial score (nSPS) is 10.6. The molecule has 3 nitrogen and oxygen atoms in total. The van der Waals surface area contributed by atoms with Crippen LogP contribution in [0, 0.1) is 0 Å². The molecule has 112 valence electrons. The van der Waals surface area contributed by atoms with Crippen LogP contribution in [0.2, 0.25) is 0 Å². The highest BCUT2D eigenvalue weighted by Gasteiger charge is 2.07. The van der Waals surface area contributed by atoms with Crippen molar-refractivity contribution in [1.29, 1.82) is 0 Å². The van der Waals surface area contributed by atoms with Gasteiger partial charge in [-0.15, -0.1) is 11.3 Å². The Bertz CT molecular complexity index is 768. The number of aromatic nitrogens is 1. The molecule has 0 aliphatic carbocycles. The highest BCUT2D eigenvalue weighted by atomic mass is 79.9. The molecule has 3 rings (SSSR count). The number of carbonyl (C=O) groups is 1. The lowest BCUT2D eigenvalue weighted by Gasteiger charge is -2.04. The van der Waals surface area contributed by atoms with E-state index in [2.05, 4.69) is 55.2 Å². The van der Waals surface area contributed by atoms with Gasteiger partial charge in [-0.3, -0.25) is 9.78 Å². The quantitative estimate of drug-likeness (QED) is 0.688. The zero-order valence-corrected chi connectivity index (χ0v) is 14.8. The van der Waals surface area contributed by atoms with Gasteiger partial charge in [-0.05, 0) is 57.4 Å². The molecule has 3 aromatic heterocycles. The van der Waals surface area contributed by atoms with Crippen LogP contribution in [0.25, 0.3) is 10.4 Å². The van der Waals surface area contributed by atoms with Gasteiger partial charge in [0, 0.05) is 38.7 Å². The Morgan fingerprint density at radius 2 is 2.18 bits per heavy atom. The first-order valence-electron chi connectivity index (χ1n) is 6.72. The molecule has 0 fully saturated rings. The second-order valence-corrected chi connectivity index (χ2v) is 7.54. The Balaban J connectivity index is 1.54. The summed E-state index contributed by atoms with van der Waals surface area (Å²) in [5.74, 6) is -0.0941. The number of hydrogen-bond donors (Lipinski definition) is 1. The molecule has 0 spiro atoms. The average Bonchev–Trinajstić information content (AvgIpc) is 3.18. The monoisotopic (exact) mass is 392 g/mol. The minimum Gasteiger partial charge on any atom is -0.352 e. The third-order valence-corrected chi connectivity index (χ3v) is 5.40. The number of carbonyl (C=O) groups excluding carboxylic acids is 1. The van der Waals surface area contributed by atoms with E-state index in [-0.39, 0.29) is 5.91 Å². The van der Waals surface area contributed by atoms with Crippen molar-refractivity contribution in [2.24, 2.45) is 0 Å². The van der Waals surface area contributed by atoms with Crippen LogP contribution in [0.1, 0.15) is 15.2 Å². The minimum absolute atomic E-state index is 0.0941. The number of hydrogen-bond acceptors (Lipinski definition) is 4. The Kier molecular flexibility index (Phi) is 5.02.